The molecule has 0 atom stereocenters. The third kappa shape index (κ3) is 4.65. The summed E-state index contributed by atoms with van der Waals surface area (Å²) < 4.78 is 0. The molecule has 1 saturated carbocycles. The van der Waals surface area contributed by atoms with Crippen molar-refractivity contribution in [2.75, 3.05) is 25.0 Å². The molecule has 2 aliphatic heterocycles. The number of hydrogen-bond acceptors (Lipinski definition) is 4. The summed E-state index contributed by atoms with van der Waals surface area (Å²) >= 11 is 0. The molecule has 6 amide bonds. The van der Waals surface area contributed by atoms with Crippen LogP contribution in [0.5, 0.6) is 0 Å². The monoisotopic (exact) mass is 427 g/mol. The van der Waals surface area contributed by atoms with E-state index in [2.05, 4.69) is 16.0 Å². The average molecular weight is 428 g/mol. The molecule has 0 unspecified atom stereocenters. The zero-order valence-corrected chi connectivity index (χ0v) is 17.6. The number of likely N-dealkylation sites (tertiary alicyclic amines) is 1. The van der Waals surface area contributed by atoms with Gasteiger partial charge in [-0.2, -0.15) is 0 Å². The summed E-state index contributed by atoms with van der Waals surface area (Å²) in [5.41, 5.74) is 0.797. The van der Waals surface area contributed by atoms with Crippen LogP contribution < -0.4 is 16.0 Å². The third-order valence-corrected chi connectivity index (χ3v) is 6.33. The fourth-order valence-corrected chi connectivity index (χ4v) is 4.58. The second-order valence-electron chi connectivity index (χ2n) is 8.53. The molecule has 1 aliphatic carbocycles. The number of imide groups is 1. The largest absolute Gasteiger partial charge is 0.352 e. The molecule has 9 nitrogen and oxygen atoms in total. The van der Waals surface area contributed by atoms with Gasteiger partial charge in [0.05, 0.1) is 0 Å². The van der Waals surface area contributed by atoms with E-state index in [0.29, 0.717) is 25.1 Å². The Hall–Kier alpha value is -3.10. The highest BCUT2D eigenvalue weighted by Gasteiger charge is 2.52. The first-order chi connectivity index (χ1) is 15.0. The summed E-state index contributed by atoms with van der Waals surface area (Å²) in [5, 5.41) is 8.53. The smallest absolute Gasteiger partial charge is 0.325 e. The molecule has 166 valence electrons. The Morgan fingerprint density at radius 1 is 1.06 bits per heavy atom. The Labute approximate surface area is 181 Å². The molecule has 31 heavy (non-hydrogen) atoms. The van der Waals surface area contributed by atoms with E-state index in [1.54, 1.807) is 4.90 Å². The van der Waals surface area contributed by atoms with Gasteiger partial charge in [0, 0.05) is 38.3 Å². The van der Waals surface area contributed by atoms with Crippen molar-refractivity contribution in [2.45, 2.75) is 57.0 Å². The lowest BCUT2D eigenvalue weighted by molar-refractivity contribution is -0.131. The van der Waals surface area contributed by atoms with Gasteiger partial charge in [0.25, 0.3) is 5.91 Å². The van der Waals surface area contributed by atoms with Crippen LogP contribution in [0.25, 0.3) is 0 Å². The number of urea groups is 2. The second-order valence-corrected chi connectivity index (χ2v) is 8.53. The molecule has 1 aromatic carbocycles. The van der Waals surface area contributed by atoms with Crippen molar-refractivity contribution in [3.05, 3.63) is 29.8 Å². The van der Waals surface area contributed by atoms with Crippen LogP contribution in [0.4, 0.5) is 15.3 Å². The molecular weight excluding hydrogens is 398 g/mol. The van der Waals surface area contributed by atoms with Gasteiger partial charge in [-0.3, -0.25) is 14.5 Å². The highest BCUT2D eigenvalue weighted by atomic mass is 16.2. The molecular formula is C22H29N5O4. The zero-order valence-electron chi connectivity index (χ0n) is 17.6. The zero-order chi connectivity index (χ0) is 21.8. The van der Waals surface area contributed by atoms with E-state index >= 15 is 0 Å². The summed E-state index contributed by atoms with van der Waals surface area (Å²) in [6.07, 6.45) is 5.32. The van der Waals surface area contributed by atoms with Crippen LogP contribution in [-0.4, -0.2) is 58.8 Å². The Kier molecular flexibility index (Phi) is 6.11. The maximum atomic E-state index is 12.6. The molecule has 3 N–H and O–H groups in total. The Morgan fingerprint density at radius 2 is 1.81 bits per heavy atom. The van der Waals surface area contributed by atoms with E-state index in [0.717, 1.165) is 44.3 Å². The van der Waals surface area contributed by atoms with Gasteiger partial charge in [0.1, 0.15) is 5.54 Å². The Morgan fingerprint density at radius 3 is 2.55 bits per heavy atom. The van der Waals surface area contributed by atoms with E-state index < -0.39 is 11.6 Å². The first-order valence-corrected chi connectivity index (χ1v) is 11.0. The summed E-state index contributed by atoms with van der Waals surface area (Å²) in [7, 11) is 0. The van der Waals surface area contributed by atoms with Crippen molar-refractivity contribution in [2.24, 2.45) is 0 Å². The Bertz CT molecular complexity index is 874. The first-order valence-electron chi connectivity index (χ1n) is 11.0. The van der Waals surface area contributed by atoms with Crippen LogP contribution in [0.15, 0.2) is 24.3 Å². The fraction of sp³-hybridized carbons (Fsp3) is 0.545. The molecule has 9 heteroatoms. The predicted octanol–water partition coefficient (Wildman–Crippen LogP) is 2.19. The van der Waals surface area contributed by atoms with Gasteiger partial charge < -0.3 is 20.9 Å². The molecule has 1 aromatic rings. The van der Waals surface area contributed by atoms with Crippen molar-refractivity contribution < 1.29 is 19.2 Å². The lowest BCUT2D eigenvalue weighted by atomic mass is 9.98. The molecule has 3 aliphatic rings. The summed E-state index contributed by atoms with van der Waals surface area (Å²) in [4.78, 5) is 52.3. The number of benzene rings is 1. The highest BCUT2D eigenvalue weighted by Crippen LogP contribution is 2.35. The maximum Gasteiger partial charge on any atom is 0.325 e. The molecule has 0 aromatic heterocycles. The van der Waals surface area contributed by atoms with Gasteiger partial charge in [-0.1, -0.05) is 25.0 Å². The number of anilines is 1. The first kappa shape index (κ1) is 21.1. The SMILES string of the molecule is O=C(CCN1C(=O)NC2(CCCC2)C1=O)NCc1cccc(NC(=O)N2CCCC2)c1. The predicted molar refractivity (Wildman–Crippen MR) is 114 cm³/mol. The minimum Gasteiger partial charge on any atom is -0.352 e. The van der Waals surface area contributed by atoms with E-state index in [1.807, 2.05) is 24.3 Å². The Balaban J connectivity index is 1.24. The summed E-state index contributed by atoms with van der Waals surface area (Å²) in [5.74, 6) is -0.441. The van der Waals surface area contributed by atoms with Crippen LogP contribution in [-0.2, 0) is 16.1 Å². The van der Waals surface area contributed by atoms with Crippen LogP contribution >= 0.6 is 0 Å². The average Bonchev–Trinajstić information content (AvgIpc) is 3.49. The lowest BCUT2D eigenvalue weighted by Gasteiger charge is -2.19. The van der Waals surface area contributed by atoms with Crippen molar-refractivity contribution >= 4 is 29.6 Å². The van der Waals surface area contributed by atoms with Crippen molar-refractivity contribution in [1.29, 1.82) is 0 Å². The number of rotatable bonds is 6. The third-order valence-electron chi connectivity index (χ3n) is 6.33. The molecule has 4 rings (SSSR count). The molecule has 2 saturated heterocycles. The highest BCUT2D eigenvalue weighted by molar-refractivity contribution is 6.07. The van der Waals surface area contributed by atoms with Gasteiger partial charge in [-0.05, 0) is 43.4 Å². The summed E-state index contributed by atoms with van der Waals surface area (Å²) in [6.45, 7) is 1.93. The maximum absolute atomic E-state index is 12.6. The van der Waals surface area contributed by atoms with Gasteiger partial charge in [0.2, 0.25) is 5.91 Å². The molecule has 1 spiro atoms. The normalized spacial score (nSPS) is 19.7. The second kappa shape index (κ2) is 8.95. The van der Waals surface area contributed by atoms with E-state index in [1.165, 1.54) is 4.90 Å². The molecule has 0 radical (unpaired) electrons. The standard InChI is InChI=1S/C22H29N5O4/c28-18(8-13-27-19(29)22(25-21(27)31)9-1-2-10-22)23-15-16-6-5-7-17(14-16)24-20(30)26-11-3-4-12-26/h5-7,14H,1-4,8-13,15H2,(H,23,28)(H,24,30)(H,25,31). The quantitative estimate of drug-likeness (QED) is 0.604. The number of hydrogen-bond donors (Lipinski definition) is 3. The summed E-state index contributed by atoms with van der Waals surface area (Å²) in [6, 6.07) is 6.83. The van der Waals surface area contributed by atoms with Gasteiger partial charge in [-0.25, -0.2) is 9.59 Å². The van der Waals surface area contributed by atoms with Crippen LogP contribution in [0.2, 0.25) is 0 Å². The number of nitrogens with one attached hydrogen (secondary N) is 3. The number of amides is 6. The van der Waals surface area contributed by atoms with Crippen molar-refractivity contribution in [3.63, 3.8) is 0 Å². The van der Waals surface area contributed by atoms with E-state index in [9.17, 15) is 19.2 Å². The van der Waals surface area contributed by atoms with Gasteiger partial charge in [-0.15, -0.1) is 0 Å². The van der Waals surface area contributed by atoms with Crippen molar-refractivity contribution in [3.8, 4) is 0 Å². The van der Waals surface area contributed by atoms with Crippen LogP contribution in [0, 0.1) is 0 Å². The lowest BCUT2D eigenvalue weighted by Crippen LogP contribution is -2.44. The topological polar surface area (TPSA) is 111 Å². The van der Waals surface area contributed by atoms with Gasteiger partial charge in [0.15, 0.2) is 0 Å². The van der Waals surface area contributed by atoms with E-state index in [4.69, 9.17) is 0 Å². The number of carbonyl (C=O) groups is 4. The minimum atomic E-state index is -0.743. The van der Waals surface area contributed by atoms with Crippen LogP contribution in [0.1, 0.15) is 50.5 Å². The fourth-order valence-electron chi connectivity index (χ4n) is 4.58. The minimum absolute atomic E-state index is 0.0562. The van der Waals surface area contributed by atoms with Crippen molar-refractivity contribution in [1.82, 2.24) is 20.4 Å². The number of carbonyl (C=O) groups excluding carboxylic acids is 4. The molecule has 2 heterocycles. The van der Waals surface area contributed by atoms with E-state index in [-0.39, 0.29) is 30.8 Å². The molecule has 3 fully saturated rings. The van der Waals surface area contributed by atoms with Crippen LogP contribution in [0.3, 0.4) is 0 Å². The number of nitrogens with zero attached hydrogens (tertiary/aromatic N) is 2. The van der Waals surface area contributed by atoms with Gasteiger partial charge >= 0.3 is 12.1 Å². The molecule has 0 bridgehead atoms.